The van der Waals surface area contributed by atoms with Crippen molar-refractivity contribution >= 4 is 38.4 Å². The Morgan fingerprint density at radius 1 is 1.31 bits per heavy atom. The lowest BCUT2D eigenvalue weighted by atomic mass is 9.96. The van der Waals surface area contributed by atoms with Crippen LogP contribution in [-0.2, 0) is 11.3 Å². The van der Waals surface area contributed by atoms with Crippen molar-refractivity contribution in [2.75, 3.05) is 5.32 Å². The lowest BCUT2D eigenvalue weighted by molar-refractivity contribution is -0.117. The molecule has 1 fully saturated rings. The Kier molecular flexibility index (Phi) is 6.41. The highest BCUT2D eigenvalue weighted by atomic mass is 79.9. The molecule has 3 rings (SSSR count). The number of hydrogen-bond acceptors (Lipinski definition) is 2. The summed E-state index contributed by atoms with van der Waals surface area (Å²) in [7, 11) is 0. The molecule has 1 heterocycles. The van der Waals surface area contributed by atoms with Crippen molar-refractivity contribution < 1.29 is 9.90 Å². The van der Waals surface area contributed by atoms with E-state index in [1.54, 1.807) is 6.92 Å². The Morgan fingerprint density at radius 3 is 2.65 bits per heavy atom. The van der Waals surface area contributed by atoms with E-state index >= 15 is 0 Å². The maximum absolute atomic E-state index is 12.7. The number of halogens is 1. The van der Waals surface area contributed by atoms with E-state index < -0.39 is 6.10 Å². The van der Waals surface area contributed by atoms with Crippen molar-refractivity contribution in [3.05, 3.63) is 28.4 Å². The number of rotatable bonds is 5. The van der Waals surface area contributed by atoms with Gasteiger partial charge in [-0.25, -0.2) is 0 Å². The van der Waals surface area contributed by atoms with Gasteiger partial charge in [0.15, 0.2) is 0 Å². The largest absolute Gasteiger partial charge is 0.392 e. The minimum atomic E-state index is -0.446. The summed E-state index contributed by atoms with van der Waals surface area (Å²) in [6.07, 6.45) is 7.59. The molecule has 142 valence electrons. The third-order valence-corrected chi connectivity index (χ3v) is 6.12. The third kappa shape index (κ3) is 4.32. The molecule has 0 aliphatic heterocycles. The Bertz CT molecular complexity index is 774. The molecule has 4 nitrogen and oxygen atoms in total. The van der Waals surface area contributed by atoms with Crippen LogP contribution in [0.2, 0.25) is 0 Å². The fourth-order valence-electron chi connectivity index (χ4n) is 4.15. The van der Waals surface area contributed by atoms with Crippen molar-refractivity contribution in [1.29, 1.82) is 0 Å². The van der Waals surface area contributed by atoms with Gasteiger partial charge in [-0.1, -0.05) is 47.7 Å². The van der Waals surface area contributed by atoms with Gasteiger partial charge in [-0.3, -0.25) is 4.79 Å². The molecule has 1 aromatic carbocycles. The van der Waals surface area contributed by atoms with Crippen molar-refractivity contribution in [2.45, 2.75) is 71.4 Å². The van der Waals surface area contributed by atoms with E-state index in [0.29, 0.717) is 18.9 Å². The summed E-state index contributed by atoms with van der Waals surface area (Å²) in [5, 5.41) is 14.1. The molecule has 1 aliphatic rings. The molecule has 1 saturated carbocycles. The molecule has 1 aromatic heterocycles. The zero-order valence-corrected chi connectivity index (χ0v) is 17.3. The number of aliphatic hydroxyl groups excluding tert-OH is 1. The fraction of sp³-hybridized carbons (Fsp3) is 0.571. The number of amides is 1. The van der Waals surface area contributed by atoms with E-state index in [9.17, 15) is 9.90 Å². The van der Waals surface area contributed by atoms with E-state index in [-0.39, 0.29) is 5.91 Å². The summed E-state index contributed by atoms with van der Waals surface area (Å²) in [4.78, 5) is 12.7. The highest BCUT2D eigenvalue weighted by Gasteiger charge is 2.21. The summed E-state index contributed by atoms with van der Waals surface area (Å²) in [6.45, 7) is 4.31. The molecule has 26 heavy (non-hydrogen) atoms. The van der Waals surface area contributed by atoms with Gasteiger partial charge >= 0.3 is 0 Å². The highest BCUT2D eigenvalue weighted by molar-refractivity contribution is 9.10. The SMILES string of the molecule is Cc1c(NC(=O)CC2CCCCCC2)c2c(Br)cccc2n1CC(C)O. The number of benzene rings is 1. The summed E-state index contributed by atoms with van der Waals surface area (Å²) in [6, 6.07) is 6.02. The maximum atomic E-state index is 12.7. The molecule has 5 heteroatoms. The first-order valence-corrected chi connectivity index (χ1v) is 10.5. The molecule has 2 N–H and O–H groups in total. The van der Waals surface area contributed by atoms with Gasteiger partial charge < -0.3 is 15.0 Å². The van der Waals surface area contributed by atoms with E-state index in [1.807, 2.05) is 25.1 Å². The standard InChI is InChI=1S/C21H29BrN2O2/c1-14(25)13-24-15(2)21(20-17(22)10-7-11-18(20)24)23-19(26)12-16-8-5-3-4-6-9-16/h7,10-11,14,16,25H,3-6,8-9,12-13H2,1-2H3,(H,23,26). The van der Waals surface area contributed by atoms with Crippen molar-refractivity contribution in [2.24, 2.45) is 5.92 Å². The van der Waals surface area contributed by atoms with Crippen molar-refractivity contribution in [1.82, 2.24) is 4.57 Å². The third-order valence-electron chi connectivity index (χ3n) is 5.46. The summed E-state index contributed by atoms with van der Waals surface area (Å²) in [5.74, 6) is 0.610. The molecule has 0 bridgehead atoms. The molecule has 1 unspecified atom stereocenters. The predicted molar refractivity (Wildman–Crippen MR) is 110 cm³/mol. The number of nitrogens with one attached hydrogen (secondary N) is 1. The molecular formula is C21H29BrN2O2. The van der Waals surface area contributed by atoms with Crippen LogP contribution < -0.4 is 5.32 Å². The summed E-state index contributed by atoms with van der Waals surface area (Å²) < 4.78 is 3.05. The molecule has 0 saturated heterocycles. The van der Waals surface area contributed by atoms with Crippen LogP contribution in [0.5, 0.6) is 0 Å². The van der Waals surface area contributed by atoms with Gasteiger partial charge in [0.1, 0.15) is 0 Å². The Hall–Kier alpha value is -1.33. The van der Waals surface area contributed by atoms with E-state index in [1.165, 1.54) is 38.5 Å². The zero-order valence-electron chi connectivity index (χ0n) is 15.7. The first kappa shape index (κ1) is 19.4. The van der Waals surface area contributed by atoms with Gasteiger partial charge in [0, 0.05) is 28.5 Å². The number of aromatic nitrogens is 1. The number of hydrogen-bond donors (Lipinski definition) is 2. The van der Waals surface area contributed by atoms with Gasteiger partial charge in [-0.15, -0.1) is 0 Å². The van der Waals surface area contributed by atoms with Crippen LogP contribution in [0.3, 0.4) is 0 Å². The topological polar surface area (TPSA) is 54.3 Å². The number of fused-ring (bicyclic) bond motifs is 1. The monoisotopic (exact) mass is 420 g/mol. The smallest absolute Gasteiger partial charge is 0.224 e. The van der Waals surface area contributed by atoms with Gasteiger partial charge in [0.05, 0.1) is 17.3 Å². The van der Waals surface area contributed by atoms with Gasteiger partial charge in [0.25, 0.3) is 0 Å². The van der Waals surface area contributed by atoms with Crippen molar-refractivity contribution in [3.63, 3.8) is 0 Å². The van der Waals surface area contributed by atoms with Crippen LogP contribution in [0.1, 0.15) is 57.6 Å². The molecule has 0 radical (unpaired) electrons. The number of aliphatic hydroxyl groups is 1. The molecule has 1 aliphatic carbocycles. The normalized spacial score (nSPS) is 17.2. The van der Waals surface area contributed by atoms with Crippen LogP contribution in [0.25, 0.3) is 10.9 Å². The van der Waals surface area contributed by atoms with E-state index in [2.05, 4.69) is 25.8 Å². The van der Waals surface area contributed by atoms with E-state index in [4.69, 9.17) is 0 Å². The second-order valence-electron chi connectivity index (χ2n) is 7.66. The van der Waals surface area contributed by atoms with Crippen LogP contribution in [0, 0.1) is 12.8 Å². The minimum Gasteiger partial charge on any atom is -0.392 e. The quantitative estimate of drug-likeness (QED) is 0.636. The van der Waals surface area contributed by atoms with Crippen LogP contribution in [-0.4, -0.2) is 21.7 Å². The van der Waals surface area contributed by atoms with Crippen LogP contribution in [0.4, 0.5) is 5.69 Å². The van der Waals surface area contributed by atoms with Crippen LogP contribution in [0.15, 0.2) is 22.7 Å². The molecule has 1 amide bonds. The predicted octanol–water partition coefficient (Wildman–Crippen LogP) is 5.39. The lowest BCUT2D eigenvalue weighted by Crippen LogP contribution is -2.17. The molecule has 1 atom stereocenters. The van der Waals surface area contributed by atoms with Gasteiger partial charge in [0.2, 0.25) is 5.91 Å². The first-order chi connectivity index (χ1) is 12.5. The first-order valence-electron chi connectivity index (χ1n) is 9.72. The Balaban J connectivity index is 1.86. The van der Waals surface area contributed by atoms with Crippen molar-refractivity contribution in [3.8, 4) is 0 Å². The average Bonchev–Trinajstić information content (AvgIpc) is 2.76. The fourth-order valence-corrected chi connectivity index (χ4v) is 4.71. The van der Waals surface area contributed by atoms with E-state index in [0.717, 1.165) is 26.8 Å². The average molecular weight is 421 g/mol. The van der Waals surface area contributed by atoms with Gasteiger partial charge in [-0.05, 0) is 44.7 Å². The molecule has 2 aromatic rings. The van der Waals surface area contributed by atoms with Crippen LogP contribution >= 0.6 is 15.9 Å². The highest BCUT2D eigenvalue weighted by Crippen LogP contribution is 2.36. The second kappa shape index (κ2) is 8.57. The minimum absolute atomic E-state index is 0.104. The lowest BCUT2D eigenvalue weighted by Gasteiger charge is -2.14. The second-order valence-corrected chi connectivity index (χ2v) is 8.52. The number of nitrogens with zero attached hydrogens (tertiary/aromatic N) is 1. The Morgan fingerprint density at radius 2 is 2.00 bits per heavy atom. The van der Waals surface area contributed by atoms with Gasteiger partial charge in [-0.2, -0.15) is 0 Å². The summed E-state index contributed by atoms with van der Waals surface area (Å²) in [5.41, 5.74) is 2.89. The number of carbonyl (C=O) groups is 1. The molecule has 0 spiro atoms. The molecular weight excluding hydrogens is 392 g/mol. The number of anilines is 1. The zero-order chi connectivity index (χ0) is 18.7. The summed E-state index contributed by atoms with van der Waals surface area (Å²) >= 11 is 3.63. The maximum Gasteiger partial charge on any atom is 0.224 e. The number of carbonyl (C=O) groups excluding carboxylic acids is 1. The Labute approximate surface area is 164 Å².